The van der Waals surface area contributed by atoms with E-state index in [-0.39, 0.29) is 23.3 Å². The molecule has 0 aliphatic carbocycles. The van der Waals surface area contributed by atoms with E-state index in [0.29, 0.717) is 28.6 Å². The number of thiazole rings is 1. The number of carboxylic acid groups (broad SMARTS) is 1. The molecule has 2 saturated heterocycles. The number of carbonyl (C=O) groups excluding carboxylic acids is 2. The first-order valence-corrected chi connectivity index (χ1v) is 17.1. The quantitative estimate of drug-likeness (QED) is 0.0540. The maximum Gasteiger partial charge on any atom is 0.418 e. The van der Waals surface area contributed by atoms with Gasteiger partial charge in [-0.15, -0.1) is 15.6 Å². The van der Waals surface area contributed by atoms with Crippen LogP contribution in [0.4, 0.5) is 5.13 Å². The summed E-state index contributed by atoms with van der Waals surface area (Å²) in [7, 11) is -5.03. The molecular formula is C28H36N8O10S2. The van der Waals surface area contributed by atoms with Gasteiger partial charge >= 0.3 is 16.4 Å². The average molecular weight is 709 g/mol. The summed E-state index contributed by atoms with van der Waals surface area (Å²) in [6.45, 7) is 5.75. The number of hydrogen-bond donors (Lipinski definition) is 7. The molecule has 5 rings (SSSR count). The van der Waals surface area contributed by atoms with Crippen LogP contribution in [0.1, 0.15) is 56.9 Å². The van der Waals surface area contributed by atoms with Crippen molar-refractivity contribution in [1.29, 1.82) is 5.41 Å². The second-order valence-electron chi connectivity index (χ2n) is 12.2. The fourth-order valence-electron chi connectivity index (χ4n) is 5.58. The van der Waals surface area contributed by atoms with Gasteiger partial charge in [0.1, 0.15) is 23.3 Å². The van der Waals surface area contributed by atoms with E-state index < -0.39 is 57.2 Å². The Kier molecular flexibility index (Phi) is 9.66. The zero-order valence-electron chi connectivity index (χ0n) is 26.2. The highest BCUT2D eigenvalue weighted by atomic mass is 32.3. The van der Waals surface area contributed by atoms with Crippen LogP contribution >= 0.6 is 11.3 Å². The number of oxime groups is 1. The van der Waals surface area contributed by atoms with E-state index in [0.717, 1.165) is 42.8 Å². The molecule has 3 atom stereocenters. The number of anilines is 1. The summed E-state index contributed by atoms with van der Waals surface area (Å²) >= 11 is 0.966. The van der Waals surface area contributed by atoms with Gasteiger partial charge in [0, 0.05) is 17.0 Å². The van der Waals surface area contributed by atoms with Crippen LogP contribution in [-0.2, 0) is 40.3 Å². The van der Waals surface area contributed by atoms with Gasteiger partial charge in [-0.2, -0.15) is 13.5 Å². The molecule has 0 spiro atoms. The van der Waals surface area contributed by atoms with Gasteiger partial charge in [0.25, 0.3) is 17.4 Å². The van der Waals surface area contributed by atoms with Crippen LogP contribution in [0, 0.1) is 5.41 Å². The molecule has 0 bridgehead atoms. The van der Waals surface area contributed by atoms with Crippen molar-refractivity contribution >= 4 is 56.2 Å². The highest BCUT2D eigenvalue weighted by molar-refractivity contribution is 7.80. The number of piperidine rings is 1. The summed E-state index contributed by atoms with van der Waals surface area (Å²) in [5.74, 6) is -2.74. The van der Waals surface area contributed by atoms with Crippen molar-refractivity contribution in [3.63, 3.8) is 0 Å². The van der Waals surface area contributed by atoms with Crippen LogP contribution in [0.15, 0.2) is 28.7 Å². The Hall–Kier alpha value is -4.37. The lowest BCUT2D eigenvalue weighted by atomic mass is 9.84. The van der Waals surface area contributed by atoms with Gasteiger partial charge < -0.3 is 36.4 Å². The third-order valence-corrected chi connectivity index (χ3v) is 9.46. The number of hydroxylamine groups is 2. The standard InChI is InChI=1S/C28H36N8O10S2/c1-27(2)21(24(38)36(27)46-48(41,42)43)34-23(37)20(17-13-47-26(30)33-17)35-45-28(3,25(39)40)19-7-5-14-12-15(4-6-18(14)44-19)22(29)32-16-8-10-31-11-9-16/h4,6,12-13,16,19,21,31H,5,7-11H2,1-3H3,(H2,29,32)(H2,30,33)(H,34,37)(H,39,40)(H,41,42,43)/b35-20-/t19-,21-,28+/m1/s1. The Labute approximate surface area is 279 Å². The molecule has 4 heterocycles. The molecule has 3 aliphatic heterocycles. The number of aromatic nitrogens is 1. The van der Waals surface area contributed by atoms with Crippen LogP contribution in [0.25, 0.3) is 0 Å². The molecule has 2 amide bonds. The van der Waals surface area contributed by atoms with E-state index in [4.69, 9.17) is 25.3 Å². The smallest absolute Gasteiger partial charge is 0.418 e. The lowest BCUT2D eigenvalue weighted by molar-refractivity contribution is -0.218. The summed E-state index contributed by atoms with van der Waals surface area (Å²) in [5, 5.41) is 33.5. The van der Waals surface area contributed by atoms with E-state index in [2.05, 4.69) is 30.4 Å². The first-order chi connectivity index (χ1) is 22.5. The number of nitrogens with two attached hydrogens (primary N) is 1. The van der Waals surface area contributed by atoms with E-state index >= 15 is 0 Å². The van der Waals surface area contributed by atoms with Crippen molar-refractivity contribution in [2.24, 2.45) is 5.16 Å². The monoisotopic (exact) mass is 708 g/mol. The highest BCUT2D eigenvalue weighted by Gasteiger charge is 2.58. The molecule has 260 valence electrons. The molecular weight excluding hydrogens is 672 g/mol. The first kappa shape index (κ1) is 35.0. The van der Waals surface area contributed by atoms with Crippen molar-refractivity contribution in [3.8, 4) is 5.75 Å². The number of aryl methyl sites for hydroxylation is 1. The predicted molar refractivity (Wildman–Crippen MR) is 171 cm³/mol. The molecule has 1 aromatic carbocycles. The average Bonchev–Trinajstić information content (AvgIpc) is 3.47. The fraction of sp³-hybridized carbons (Fsp3) is 0.500. The maximum atomic E-state index is 13.4. The number of amides is 2. The number of carbonyl (C=O) groups is 3. The van der Waals surface area contributed by atoms with Gasteiger partial charge in [-0.25, -0.2) is 9.78 Å². The molecule has 0 radical (unpaired) electrons. The lowest BCUT2D eigenvalue weighted by Gasteiger charge is -2.50. The molecule has 2 aromatic rings. The second kappa shape index (κ2) is 13.3. The minimum atomic E-state index is -5.03. The number of aliphatic carboxylic acids is 1. The third-order valence-electron chi connectivity index (χ3n) is 8.45. The van der Waals surface area contributed by atoms with Gasteiger partial charge in [0.2, 0.25) is 0 Å². The summed E-state index contributed by atoms with van der Waals surface area (Å²) in [4.78, 5) is 48.3. The van der Waals surface area contributed by atoms with Crippen molar-refractivity contribution in [1.82, 2.24) is 26.0 Å². The summed E-state index contributed by atoms with van der Waals surface area (Å²) in [6, 6.07) is 4.09. The number of β-lactam (4-membered cyclic amide) rings is 1. The number of benzene rings is 1. The van der Waals surface area contributed by atoms with Gasteiger partial charge in [0.05, 0.1) is 5.54 Å². The first-order valence-electron chi connectivity index (χ1n) is 14.9. The second-order valence-corrected chi connectivity index (χ2v) is 14.1. The predicted octanol–water partition coefficient (Wildman–Crippen LogP) is 0.190. The molecule has 0 unspecified atom stereocenters. The van der Waals surface area contributed by atoms with Crippen molar-refractivity contribution < 1.29 is 46.3 Å². The Balaban J connectivity index is 1.33. The number of amidine groups is 1. The summed E-state index contributed by atoms with van der Waals surface area (Å²) in [5.41, 5.74) is 3.07. The molecule has 48 heavy (non-hydrogen) atoms. The number of nitrogens with one attached hydrogen (secondary N) is 4. The Bertz CT molecular complexity index is 1760. The number of nitrogen functional groups attached to an aromatic ring is 1. The SMILES string of the molecule is CC1(C)[C@H](NC(=O)/C(=N\O[C@](C)(C(=O)O)[C@H]2CCc3cc(C(=N)NC4CCNCC4)ccc3O2)c2csc(N)n2)C(=O)N1OS(=O)(=O)O. The summed E-state index contributed by atoms with van der Waals surface area (Å²) < 4.78 is 41.7. The molecule has 3 aliphatic rings. The maximum absolute atomic E-state index is 13.4. The van der Waals surface area contributed by atoms with Crippen LogP contribution < -0.4 is 26.4 Å². The Morgan fingerprint density at radius 2 is 1.98 bits per heavy atom. The van der Waals surface area contributed by atoms with Crippen LogP contribution in [0.2, 0.25) is 0 Å². The van der Waals surface area contributed by atoms with E-state index in [9.17, 15) is 27.9 Å². The molecule has 18 nitrogen and oxygen atoms in total. The summed E-state index contributed by atoms with van der Waals surface area (Å²) in [6.07, 6.45) is 1.36. The normalized spacial score (nSPS) is 22.4. The van der Waals surface area contributed by atoms with Crippen molar-refractivity contribution in [3.05, 3.63) is 40.4 Å². The number of fused-ring (bicyclic) bond motifs is 1. The third kappa shape index (κ3) is 7.21. The highest BCUT2D eigenvalue weighted by Crippen LogP contribution is 2.35. The fourth-order valence-corrected chi connectivity index (χ4v) is 6.58. The molecule has 20 heteroatoms. The minimum Gasteiger partial charge on any atom is -0.485 e. The number of hydrogen-bond acceptors (Lipinski definition) is 14. The van der Waals surface area contributed by atoms with Gasteiger partial charge in [-0.1, -0.05) is 5.16 Å². The number of ether oxygens (including phenoxy) is 1. The van der Waals surface area contributed by atoms with E-state index in [1.165, 1.54) is 26.2 Å². The molecule has 0 saturated carbocycles. The lowest BCUT2D eigenvalue weighted by Crippen LogP contribution is -2.76. The van der Waals surface area contributed by atoms with Crippen LogP contribution in [-0.4, -0.2) is 99.9 Å². The number of nitrogens with zero attached hydrogens (tertiary/aromatic N) is 3. The molecule has 1 aromatic heterocycles. The number of carboxylic acids is 1. The van der Waals surface area contributed by atoms with Gasteiger partial charge in [-0.3, -0.25) is 19.6 Å². The topological polar surface area (TPSA) is 268 Å². The molecule has 2 fully saturated rings. The molecule has 8 N–H and O–H groups in total. The zero-order chi connectivity index (χ0) is 35.0. The zero-order valence-corrected chi connectivity index (χ0v) is 27.8. The van der Waals surface area contributed by atoms with Crippen LogP contribution in [0.5, 0.6) is 5.75 Å². The minimum absolute atomic E-state index is 0.0601. The van der Waals surface area contributed by atoms with Crippen molar-refractivity contribution in [2.45, 2.75) is 75.8 Å². The van der Waals surface area contributed by atoms with Crippen molar-refractivity contribution in [2.75, 3.05) is 18.8 Å². The largest absolute Gasteiger partial charge is 0.485 e. The van der Waals surface area contributed by atoms with E-state index in [1.807, 2.05) is 6.07 Å². The van der Waals surface area contributed by atoms with E-state index in [1.54, 1.807) is 12.1 Å². The van der Waals surface area contributed by atoms with Gasteiger partial charge in [-0.05, 0) is 83.3 Å². The Morgan fingerprint density at radius 3 is 2.58 bits per heavy atom. The van der Waals surface area contributed by atoms with Crippen LogP contribution in [0.3, 0.4) is 0 Å². The van der Waals surface area contributed by atoms with Gasteiger partial charge in [0.15, 0.2) is 16.9 Å². The number of rotatable bonds is 11. The Morgan fingerprint density at radius 1 is 1.27 bits per heavy atom.